The van der Waals surface area contributed by atoms with Crippen molar-refractivity contribution in [3.63, 3.8) is 0 Å². The van der Waals surface area contributed by atoms with E-state index in [1.807, 2.05) is 0 Å². The number of benzene rings is 1. The zero-order chi connectivity index (χ0) is 15.8. The molecule has 1 rings (SSSR count). The fourth-order valence-corrected chi connectivity index (χ4v) is 2.37. The zero-order valence-electron chi connectivity index (χ0n) is 12.6. The molecule has 1 aromatic carbocycles. The van der Waals surface area contributed by atoms with Crippen LogP contribution >= 0.6 is 15.9 Å². The number of rotatable bonds is 7. The SMILES string of the molecule is CCOC(=O)c1cccc(Br)c1C(=O)OCCCC(C)C. The van der Waals surface area contributed by atoms with Crippen LogP contribution in [-0.2, 0) is 9.47 Å². The Bertz CT molecular complexity index is 497. The van der Waals surface area contributed by atoms with E-state index in [2.05, 4.69) is 29.8 Å². The van der Waals surface area contributed by atoms with E-state index in [4.69, 9.17) is 9.47 Å². The number of halogens is 1. The second-order valence-electron chi connectivity index (χ2n) is 5.05. The Hall–Kier alpha value is -1.36. The quantitative estimate of drug-likeness (QED) is 0.542. The highest BCUT2D eigenvalue weighted by Crippen LogP contribution is 2.22. The van der Waals surface area contributed by atoms with Crippen LogP contribution in [0.1, 0.15) is 54.3 Å². The molecule has 0 saturated carbocycles. The standard InChI is InChI=1S/C16H21BrO4/c1-4-20-15(18)12-8-5-9-13(17)14(12)16(19)21-10-6-7-11(2)3/h5,8-9,11H,4,6-7,10H2,1-3H3. The Kier molecular flexibility index (Phi) is 7.43. The monoisotopic (exact) mass is 356 g/mol. The molecule has 0 heterocycles. The number of ether oxygens (including phenoxy) is 2. The summed E-state index contributed by atoms with van der Waals surface area (Å²) in [6.07, 6.45) is 1.80. The summed E-state index contributed by atoms with van der Waals surface area (Å²) in [5.41, 5.74) is 0.445. The molecule has 0 unspecified atom stereocenters. The van der Waals surface area contributed by atoms with E-state index in [1.54, 1.807) is 25.1 Å². The summed E-state index contributed by atoms with van der Waals surface area (Å²) in [7, 11) is 0. The Labute approximate surface area is 133 Å². The molecule has 0 aliphatic heterocycles. The van der Waals surface area contributed by atoms with Gasteiger partial charge < -0.3 is 9.47 Å². The summed E-state index contributed by atoms with van der Waals surface area (Å²) in [5, 5.41) is 0. The van der Waals surface area contributed by atoms with E-state index in [0.29, 0.717) is 17.0 Å². The number of carbonyl (C=O) groups is 2. The number of hydrogen-bond acceptors (Lipinski definition) is 4. The lowest BCUT2D eigenvalue weighted by molar-refractivity contribution is 0.0459. The van der Waals surface area contributed by atoms with Gasteiger partial charge in [-0.1, -0.05) is 19.9 Å². The van der Waals surface area contributed by atoms with Gasteiger partial charge in [0.1, 0.15) is 0 Å². The molecule has 0 bridgehead atoms. The van der Waals surface area contributed by atoms with Crippen LogP contribution in [0.25, 0.3) is 0 Å². The van der Waals surface area contributed by atoms with Crippen molar-refractivity contribution >= 4 is 27.9 Å². The lowest BCUT2D eigenvalue weighted by atomic mass is 10.1. The lowest BCUT2D eigenvalue weighted by Gasteiger charge is -2.11. The first-order valence-electron chi connectivity index (χ1n) is 7.10. The van der Waals surface area contributed by atoms with E-state index in [1.165, 1.54) is 0 Å². The summed E-state index contributed by atoms with van der Waals surface area (Å²) in [5.74, 6) is -0.454. The molecule has 21 heavy (non-hydrogen) atoms. The predicted octanol–water partition coefficient (Wildman–Crippen LogP) is 4.22. The first-order valence-corrected chi connectivity index (χ1v) is 7.89. The largest absolute Gasteiger partial charge is 0.462 e. The van der Waals surface area contributed by atoms with Crippen molar-refractivity contribution in [2.24, 2.45) is 5.92 Å². The van der Waals surface area contributed by atoms with Crippen LogP contribution in [0.5, 0.6) is 0 Å². The van der Waals surface area contributed by atoms with Gasteiger partial charge in [0.2, 0.25) is 0 Å². The van der Waals surface area contributed by atoms with Gasteiger partial charge in [0.25, 0.3) is 0 Å². The van der Waals surface area contributed by atoms with Crippen molar-refractivity contribution in [3.8, 4) is 0 Å². The van der Waals surface area contributed by atoms with Gasteiger partial charge in [0, 0.05) is 4.47 Å². The Morgan fingerprint density at radius 2 is 1.90 bits per heavy atom. The molecule has 0 radical (unpaired) electrons. The third kappa shape index (κ3) is 5.50. The van der Waals surface area contributed by atoms with Crippen LogP contribution in [-0.4, -0.2) is 25.2 Å². The highest BCUT2D eigenvalue weighted by Gasteiger charge is 2.22. The molecule has 5 heteroatoms. The van der Waals surface area contributed by atoms with Crippen molar-refractivity contribution < 1.29 is 19.1 Å². The lowest BCUT2D eigenvalue weighted by Crippen LogP contribution is -2.15. The van der Waals surface area contributed by atoms with E-state index in [-0.39, 0.29) is 17.7 Å². The van der Waals surface area contributed by atoms with Gasteiger partial charge in [-0.2, -0.15) is 0 Å². The van der Waals surface area contributed by atoms with E-state index in [0.717, 1.165) is 12.8 Å². The molecular weight excluding hydrogens is 336 g/mol. The van der Waals surface area contributed by atoms with Crippen LogP contribution in [0, 0.1) is 5.92 Å². The fraction of sp³-hybridized carbons (Fsp3) is 0.500. The maximum Gasteiger partial charge on any atom is 0.340 e. The molecule has 1 aromatic rings. The number of hydrogen-bond donors (Lipinski definition) is 0. The summed E-state index contributed by atoms with van der Waals surface area (Å²) in [4.78, 5) is 24.1. The third-order valence-corrected chi connectivity index (χ3v) is 3.53. The normalized spacial score (nSPS) is 10.5. The fourth-order valence-electron chi connectivity index (χ4n) is 1.84. The average molecular weight is 357 g/mol. The minimum Gasteiger partial charge on any atom is -0.462 e. The van der Waals surface area contributed by atoms with Crippen molar-refractivity contribution in [1.82, 2.24) is 0 Å². The summed E-state index contributed by atoms with van der Waals surface area (Å²) < 4.78 is 10.7. The Balaban J connectivity index is 2.80. The molecular formula is C16H21BrO4. The van der Waals surface area contributed by atoms with Gasteiger partial charge in [-0.05, 0) is 53.7 Å². The number of esters is 2. The average Bonchev–Trinajstić information content (AvgIpc) is 2.43. The Morgan fingerprint density at radius 1 is 1.19 bits per heavy atom. The van der Waals surface area contributed by atoms with Gasteiger partial charge in [0.15, 0.2) is 0 Å². The number of carbonyl (C=O) groups excluding carboxylic acids is 2. The molecule has 0 saturated heterocycles. The van der Waals surface area contributed by atoms with Gasteiger partial charge in [0.05, 0.1) is 24.3 Å². The molecule has 4 nitrogen and oxygen atoms in total. The van der Waals surface area contributed by atoms with Gasteiger partial charge in [-0.3, -0.25) is 0 Å². The van der Waals surface area contributed by atoms with Crippen LogP contribution in [0.4, 0.5) is 0 Å². The highest BCUT2D eigenvalue weighted by atomic mass is 79.9. The van der Waals surface area contributed by atoms with Crippen molar-refractivity contribution in [2.45, 2.75) is 33.6 Å². The van der Waals surface area contributed by atoms with Gasteiger partial charge in [-0.25, -0.2) is 9.59 Å². The molecule has 0 fully saturated rings. The van der Waals surface area contributed by atoms with Crippen LogP contribution in [0.2, 0.25) is 0 Å². The van der Waals surface area contributed by atoms with Gasteiger partial charge in [-0.15, -0.1) is 0 Å². The first-order chi connectivity index (χ1) is 9.97. The van der Waals surface area contributed by atoms with Crippen LogP contribution in [0.15, 0.2) is 22.7 Å². The molecule has 0 N–H and O–H groups in total. The highest BCUT2D eigenvalue weighted by molar-refractivity contribution is 9.10. The molecule has 0 aliphatic rings. The van der Waals surface area contributed by atoms with Crippen molar-refractivity contribution in [3.05, 3.63) is 33.8 Å². The van der Waals surface area contributed by atoms with E-state index >= 15 is 0 Å². The van der Waals surface area contributed by atoms with Crippen LogP contribution in [0.3, 0.4) is 0 Å². The molecule has 0 spiro atoms. The van der Waals surface area contributed by atoms with E-state index < -0.39 is 11.9 Å². The van der Waals surface area contributed by atoms with Crippen molar-refractivity contribution in [2.75, 3.05) is 13.2 Å². The minimum atomic E-state index is -0.520. The molecule has 0 atom stereocenters. The summed E-state index contributed by atoms with van der Waals surface area (Å²) in [6, 6.07) is 4.95. The predicted molar refractivity (Wildman–Crippen MR) is 84.5 cm³/mol. The molecule has 0 aromatic heterocycles. The third-order valence-electron chi connectivity index (χ3n) is 2.87. The zero-order valence-corrected chi connectivity index (χ0v) is 14.2. The van der Waals surface area contributed by atoms with Crippen LogP contribution < -0.4 is 0 Å². The second kappa shape index (κ2) is 8.82. The topological polar surface area (TPSA) is 52.6 Å². The summed E-state index contributed by atoms with van der Waals surface area (Å²) >= 11 is 3.29. The minimum absolute atomic E-state index is 0.222. The molecule has 0 amide bonds. The Morgan fingerprint density at radius 3 is 2.52 bits per heavy atom. The second-order valence-corrected chi connectivity index (χ2v) is 5.91. The van der Waals surface area contributed by atoms with Gasteiger partial charge >= 0.3 is 11.9 Å². The first kappa shape index (κ1) is 17.7. The van der Waals surface area contributed by atoms with E-state index in [9.17, 15) is 9.59 Å². The van der Waals surface area contributed by atoms with Crippen molar-refractivity contribution in [1.29, 1.82) is 0 Å². The summed E-state index contributed by atoms with van der Waals surface area (Å²) in [6.45, 7) is 6.57. The maximum absolute atomic E-state index is 12.2. The maximum atomic E-state index is 12.2. The smallest absolute Gasteiger partial charge is 0.340 e. The molecule has 116 valence electrons. The molecule has 0 aliphatic carbocycles.